The molecule has 1 aromatic rings. The minimum absolute atomic E-state index is 0.126. The number of methoxy groups -OCH3 is 2. The predicted molar refractivity (Wildman–Crippen MR) is 59.4 cm³/mol. The highest BCUT2D eigenvalue weighted by Gasteiger charge is 2.05. The predicted octanol–water partition coefficient (Wildman–Crippen LogP) is 2.32. The number of ether oxygens (including phenoxy) is 3. The summed E-state index contributed by atoms with van der Waals surface area (Å²) < 4.78 is 38.0. The Kier molecular flexibility index (Phi) is 5.65. The summed E-state index contributed by atoms with van der Waals surface area (Å²) in [5, 5.41) is 3.03. The maximum absolute atomic E-state index is 11.9. The van der Waals surface area contributed by atoms with Crippen molar-refractivity contribution in [2.45, 2.75) is 12.9 Å². The third kappa shape index (κ3) is 4.97. The lowest BCUT2D eigenvalue weighted by Crippen LogP contribution is -2.23. The first-order valence-electron chi connectivity index (χ1n) is 5.00. The smallest absolute Gasteiger partial charge is 0.387 e. The molecule has 0 unspecified atom stereocenters. The molecule has 6 heteroatoms. The van der Waals surface area contributed by atoms with Crippen molar-refractivity contribution in [2.75, 3.05) is 26.1 Å². The number of nitrogens with one attached hydrogen (secondary N) is 1. The number of benzene rings is 1. The molecule has 0 aliphatic rings. The van der Waals surface area contributed by atoms with Crippen molar-refractivity contribution < 1.29 is 23.0 Å². The fraction of sp³-hybridized carbons (Fsp3) is 0.455. The maximum Gasteiger partial charge on any atom is 0.387 e. The van der Waals surface area contributed by atoms with Crippen LogP contribution in [0.3, 0.4) is 0 Å². The Morgan fingerprint density at radius 1 is 1.12 bits per heavy atom. The minimum Gasteiger partial charge on any atom is -0.435 e. The Bertz CT molecular complexity index is 315. The average Bonchev–Trinajstić information content (AvgIpc) is 2.32. The lowest BCUT2D eigenvalue weighted by molar-refractivity contribution is -0.0914. The van der Waals surface area contributed by atoms with Crippen LogP contribution in [0.25, 0.3) is 0 Å². The van der Waals surface area contributed by atoms with E-state index >= 15 is 0 Å². The first kappa shape index (κ1) is 13.7. The zero-order chi connectivity index (χ0) is 12.7. The van der Waals surface area contributed by atoms with Crippen LogP contribution in [-0.4, -0.2) is 33.7 Å². The quantitative estimate of drug-likeness (QED) is 0.750. The van der Waals surface area contributed by atoms with Crippen LogP contribution in [-0.2, 0) is 9.47 Å². The van der Waals surface area contributed by atoms with Crippen molar-refractivity contribution in [1.29, 1.82) is 0 Å². The molecule has 1 aromatic carbocycles. The van der Waals surface area contributed by atoms with Gasteiger partial charge >= 0.3 is 6.61 Å². The van der Waals surface area contributed by atoms with Gasteiger partial charge in [-0.2, -0.15) is 8.78 Å². The summed E-state index contributed by atoms with van der Waals surface area (Å²) in [5.41, 5.74) is 0.769. The summed E-state index contributed by atoms with van der Waals surface area (Å²) in [7, 11) is 3.07. The van der Waals surface area contributed by atoms with E-state index in [1.54, 1.807) is 12.1 Å². The first-order chi connectivity index (χ1) is 8.15. The summed E-state index contributed by atoms with van der Waals surface area (Å²) in [5.74, 6) is 0.126. The van der Waals surface area contributed by atoms with Crippen LogP contribution >= 0.6 is 0 Å². The molecular weight excluding hydrogens is 232 g/mol. The number of hydrogen-bond acceptors (Lipinski definition) is 4. The number of alkyl halides is 2. The van der Waals surface area contributed by atoms with Crippen molar-refractivity contribution in [2.24, 2.45) is 0 Å². The summed E-state index contributed by atoms with van der Waals surface area (Å²) in [6.45, 7) is -2.35. The molecule has 96 valence electrons. The second-order valence-electron chi connectivity index (χ2n) is 3.18. The molecule has 0 amide bonds. The highest BCUT2D eigenvalue weighted by Crippen LogP contribution is 2.17. The van der Waals surface area contributed by atoms with Crippen molar-refractivity contribution in [1.82, 2.24) is 0 Å². The summed E-state index contributed by atoms with van der Waals surface area (Å²) in [6, 6.07) is 6.20. The Balaban J connectivity index is 2.45. The summed E-state index contributed by atoms with van der Waals surface area (Å²) >= 11 is 0. The minimum atomic E-state index is -2.81. The van der Waals surface area contributed by atoms with E-state index in [-0.39, 0.29) is 12.0 Å². The normalized spacial score (nSPS) is 10.9. The van der Waals surface area contributed by atoms with Gasteiger partial charge in [0.05, 0.1) is 6.54 Å². The van der Waals surface area contributed by atoms with Gasteiger partial charge in [-0.15, -0.1) is 0 Å². The molecule has 1 N–H and O–H groups in total. The van der Waals surface area contributed by atoms with Crippen molar-refractivity contribution in [3.05, 3.63) is 24.3 Å². The third-order valence-electron chi connectivity index (χ3n) is 2.08. The number of anilines is 1. The lowest BCUT2D eigenvalue weighted by atomic mass is 10.3. The van der Waals surface area contributed by atoms with E-state index in [1.165, 1.54) is 26.4 Å². The van der Waals surface area contributed by atoms with Gasteiger partial charge < -0.3 is 19.5 Å². The van der Waals surface area contributed by atoms with Gasteiger partial charge in [0.1, 0.15) is 5.75 Å². The molecule has 0 aromatic heterocycles. The molecule has 0 spiro atoms. The number of hydrogen-bond donors (Lipinski definition) is 1. The molecule has 0 saturated carbocycles. The zero-order valence-electron chi connectivity index (χ0n) is 9.65. The van der Waals surface area contributed by atoms with Gasteiger partial charge in [0.2, 0.25) is 0 Å². The average molecular weight is 247 g/mol. The number of halogens is 2. The monoisotopic (exact) mass is 247 g/mol. The first-order valence-corrected chi connectivity index (χ1v) is 5.00. The van der Waals surface area contributed by atoms with Gasteiger partial charge in [0.15, 0.2) is 6.29 Å². The zero-order valence-corrected chi connectivity index (χ0v) is 9.65. The highest BCUT2D eigenvalue weighted by atomic mass is 19.3. The van der Waals surface area contributed by atoms with E-state index in [0.29, 0.717) is 6.54 Å². The Morgan fingerprint density at radius 2 is 1.71 bits per heavy atom. The third-order valence-corrected chi connectivity index (χ3v) is 2.08. The standard InChI is InChI=1S/C11H15F2NO3/c1-15-10(16-2)7-14-8-3-5-9(6-4-8)17-11(12)13/h3-6,10-11,14H,7H2,1-2H3. The van der Waals surface area contributed by atoms with Crippen LogP contribution in [0, 0.1) is 0 Å². The number of rotatable bonds is 7. The highest BCUT2D eigenvalue weighted by molar-refractivity contribution is 5.46. The fourth-order valence-corrected chi connectivity index (χ4v) is 1.22. The van der Waals surface area contributed by atoms with Gasteiger partial charge in [0, 0.05) is 19.9 Å². The Hall–Kier alpha value is -1.40. The van der Waals surface area contributed by atoms with Gasteiger partial charge in [-0.05, 0) is 24.3 Å². The van der Waals surface area contributed by atoms with E-state index in [9.17, 15) is 8.78 Å². The van der Waals surface area contributed by atoms with Crippen molar-refractivity contribution in [3.63, 3.8) is 0 Å². The van der Waals surface area contributed by atoms with Crippen LogP contribution in [0.2, 0.25) is 0 Å². The second-order valence-corrected chi connectivity index (χ2v) is 3.18. The molecule has 1 rings (SSSR count). The molecular formula is C11H15F2NO3. The van der Waals surface area contributed by atoms with E-state index in [4.69, 9.17) is 9.47 Å². The molecule has 4 nitrogen and oxygen atoms in total. The van der Waals surface area contributed by atoms with E-state index in [1.807, 2.05) is 0 Å². The fourth-order valence-electron chi connectivity index (χ4n) is 1.22. The molecule has 0 atom stereocenters. The van der Waals surface area contributed by atoms with Gasteiger partial charge in [-0.1, -0.05) is 0 Å². The topological polar surface area (TPSA) is 39.7 Å². The largest absolute Gasteiger partial charge is 0.435 e. The Labute approximate surface area is 98.5 Å². The second kappa shape index (κ2) is 7.03. The van der Waals surface area contributed by atoms with E-state index in [2.05, 4.69) is 10.1 Å². The molecule has 0 radical (unpaired) electrons. The molecule has 0 bridgehead atoms. The summed E-state index contributed by atoms with van der Waals surface area (Å²) in [6.07, 6.45) is -0.355. The van der Waals surface area contributed by atoms with Crippen LogP contribution < -0.4 is 10.1 Å². The molecule has 0 fully saturated rings. The maximum atomic E-state index is 11.9. The van der Waals surface area contributed by atoms with Crippen LogP contribution in [0.15, 0.2) is 24.3 Å². The van der Waals surface area contributed by atoms with Gasteiger partial charge in [-0.25, -0.2) is 0 Å². The van der Waals surface area contributed by atoms with Gasteiger partial charge in [0.25, 0.3) is 0 Å². The van der Waals surface area contributed by atoms with E-state index < -0.39 is 6.61 Å². The molecule has 0 aliphatic heterocycles. The van der Waals surface area contributed by atoms with Gasteiger partial charge in [-0.3, -0.25) is 0 Å². The Morgan fingerprint density at radius 3 is 2.18 bits per heavy atom. The van der Waals surface area contributed by atoms with Crippen molar-refractivity contribution >= 4 is 5.69 Å². The molecule has 0 aliphatic carbocycles. The lowest BCUT2D eigenvalue weighted by Gasteiger charge is -2.15. The van der Waals surface area contributed by atoms with Crippen LogP contribution in [0.1, 0.15) is 0 Å². The SMILES string of the molecule is COC(CNc1ccc(OC(F)F)cc1)OC. The molecule has 0 heterocycles. The van der Waals surface area contributed by atoms with Crippen molar-refractivity contribution in [3.8, 4) is 5.75 Å². The van der Waals surface area contributed by atoms with E-state index in [0.717, 1.165) is 5.69 Å². The summed E-state index contributed by atoms with van der Waals surface area (Å²) in [4.78, 5) is 0. The van der Waals surface area contributed by atoms with Crippen LogP contribution in [0.4, 0.5) is 14.5 Å². The van der Waals surface area contributed by atoms with Crippen LogP contribution in [0.5, 0.6) is 5.75 Å². The molecule has 0 saturated heterocycles. The molecule has 17 heavy (non-hydrogen) atoms.